The lowest BCUT2D eigenvalue weighted by molar-refractivity contribution is 0.400. The zero-order chi connectivity index (χ0) is 22.8. The molecule has 2 N–H and O–H groups in total. The molecule has 0 saturated heterocycles. The third-order valence-electron chi connectivity index (χ3n) is 5.22. The van der Waals surface area contributed by atoms with Crippen molar-refractivity contribution in [3.05, 3.63) is 86.3 Å². The summed E-state index contributed by atoms with van der Waals surface area (Å²) in [5.41, 5.74) is 5.92. The Morgan fingerprint density at radius 3 is 2.69 bits per heavy atom. The Bertz CT molecular complexity index is 1430. The van der Waals surface area contributed by atoms with E-state index in [0.29, 0.717) is 12.1 Å². The topological polar surface area (TPSA) is 87.8 Å². The lowest BCUT2D eigenvalue weighted by atomic mass is 10.1. The molecule has 1 aromatic carbocycles. The van der Waals surface area contributed by atoms with Gasteiger partial charge in [0.05, 0.1) is 13.1 Å². The molecule has 0 unspecified atom stereocenters. The van der Waals surface area contributed by atoms with Gasteiger partial charge in [0.1, 0.15) is 6.33 Å². The number of nitrogens with zero attached hydrogens (tertiary/aromatic N) is 4. The SMILES string of the molecule is CCn1cccc(-c2ccc3sc(Cn4cnn(CC(CN)=C(F)F)c4=O)cc3c2)c1=O. The van der Waals surface area contributed by atoms with E-state index >= 15 is 0 Å². The normalized spacial score (nSPS) is 11.2. The van der Waals surface area contributed by atoms with Crippen molar-refractivity contribution in [1.82, 2.24) is 18.9 Å². The summed E-state index contributed by atoms with van der Waals surface area (Å²) in [5, 5.41) is 4.89. The van der Waals surface area contributed by atoms with Crippen LogP contribution < -0.4 is 17.0 Å². The van der Waals surface area contributed by atoms with Crippen molar-refractivity contribution >= 4 is 21.4 Å². The molecule has 32 heavy (non-hydrogen) atoms. The average molecular weight is 458 g/mol. The predicted octanol–water partition coefficient (Wildman–Crippen LogP) is 3.27. The standard InChI is InChI=1S/C22H21F2N5O2S/c1-2-27-7-3-4-18(21(27)30)14-5-6-19-15(8-14)9-17(32-19)12-28-13-26-29(22(28)31)11-16(10-25)20(23)24/h3-9,13H,2,10-12,25H2,1H3. The molecular formula is C22H21F2N5O2S. The van der Waals surface area contributed by atoms with Gasteiger partial charge in [-0.3, -0.25) is 9.36 Å². The minimum absolute atomic E-state index is 0.0422. The summed E-state index contributed by atoms with van der Waals surface area (Å²) in [7, 11) is 0. The maximum atomic E-state index is 12.8. The Labute approximate surface area is 185 Å². The zero-order valence-electron chi connectivity index (χ0n) is 17.3. The van der Waals surface area contributed by atoms with Crippen LogP contribution in [0.5, 0.6) is 0 Å². The van der Waals surface area contributed by atoms with E-state index in [0.717, 1.165) is 25.2 Å². The second kappa shape index (κ2) is 9.01. The minimum Gasteiger partial charge on any atom is -0.327 e. The van der Waals surface area contributed by atoms with Crippen LogP contribution in [0.25, 0.3) is 21.2 Å². The molecular weight excluding hydrogens is 436 g/mol. The van der Waals surface area contributed by atoms with E-state index in [-0.39, 0.29) is 30.8 Å². The number of aromatic nitrogens is 4. The number of rotatable bonds is 7. The summed E-state index contributed by atoms with van der Waals surface area (Å²) < 4.78 is 30.7. The van der Waals surface area contributed by atoms with Crippen molar-refractivity contribution in [1.29, 1.82) is 0 Å². The number of nitrogens with two attached hydrogens (primary N) is 1. The first-order valence-electron chi connectivity index (χ1n) is 9.99. The number of hydrogen-bond acceptors (Lipinski definition) is 5. The van der Waals surface area contributed by atoms with E-state index in [1.54, 1.807) is 16.8 Å². The Kier molecular flexibility index (Phi) is 6.15. The van der Waals surface area contributed by atoms with E-state index in [4.69, 9.17) is 5.73 Å². The van der Waals surface area contributed by atoms with Gasteiger partial charge in [-0.1, -0.05) is 6.07 Å². The van der Waals surface area contributed by atoms with Crippen LogP contribution in [0, 0.1) is 0 Å². The molecule has 0 spiro atoms. The van der Waals surface area contributed by atoms with Crippen molar-refractivity contribution in [3.8, 4) is 11.1 Å². The quantitative estimate of drug-likeness (QED) is 0.461. The van der Waals surface area contributed by atoms with Crippen LogP contribution in [0.3, 0.4) is 0 Å². The Balaban J connectivity index is 1.62. The van der Waals surface area contributed by atoms with Crippen LogP contribution in [0.15, 0.2) is 70.2 Å². The first-order chi connectivity index (χ1) is 15.4. The molecule has 0 saturated carbocycles. The molecule has 0 amide bonds. The molecule has 7 nitrogen and oxygen atoms in total. The van der Waals surface area contributed by atoms with Gasteiger partial charge in [-0.25, -0.2) is 9.48 Å². The molecule has 166 valence electrons. The second-order valence-electron chi connectivity index (χ2n) is 7.25. The molecule has 3 heterocycles. The van der Waals surface area contributed by atoms with Crippen LogP contribution in [0.1, 0.15) is 11.8 Å². The fourth-order valence-electron chi connectivity index (χ4n) is 3.49. The minimum atomic E-state index is -1.89. The van der Waals surface area contributed by atoms with E-state index in [1.165, 1.54) is 22.2 Å². The summed E-state index contributed by atoms with van der Waals surface area (Å²) in [6.45, 7) is 2.10. The maximum absolute atomic E-state index is 12.8. The van der Waals surface area contributed by atoms with Gasteiger partial charge in [0.15, 0.2) is 0 Å². The maximum Gasteiger partial charge on any atom is 0.346 e. The first-order valence-corrected chi connectivity index (χ1v) is 10.8. The van der Waals surface area contributed by atoms with Crippen molar-refractivity contribution < 1.29 is 8.78 Å². The number of hydrogen-bond donors (Lipinski definition) is 1. The summed E-state index contributed by atoms with van der Waals surface area (Å²) >= 11 is 1.52. The molecule has 4 rings (SSSR count). The van der Waals surface area contributed by atoms with Crippen LogP contribution in [-0.2, 0) is 19.6 Å². The summed E-state index contributed by atoms with van der Waals surface area (Å²) in [6.07, 6.45) is 1.21. The van der Waals surface area contributed by atoms with Crippen LogP contribution in [0.4, 0.5) is 8.78 Å². The monoisotopic (exact) mass is 457 g/mol. The lowest BCUT2D eigenvalue weighted by Gasteiger charge is -2.05. The Morgan fingerprint density at radius 1 is 1.16 bits per heavy atom. The molecule has 0 fully saturated rings. The fraction of sp³-hybridized carbons (Fsp3) is 0.227. The van der Waals surface area contributed by atoms with Crippen molar-refractivity contribution in [3.63, 3.8) is 0 Å². The van der Waals surface area contributed by atoms with Gasteiger partial charge in [0.25, 0.3) is 11.6 Å². The average Bonchev–Trinajstić information content (AvgIpc) is 3.34. The number of aryl methyl sites for hydroxylation is 1. The largest absolute Gasteiger partial charge is 0.346 e. The van der Waals surface area contributed by atoms with Crippen molar-refractivity contribution in [2.75, 3.05) is 6.54 Å². The highest BCUT2D eigenvalue weighted by atomic mass is 32.1. The van der Waals surface area contributed by atoms with E-state index < -0.39 is 11.8 Å². The van der Waals surface area contributed by atoms with Gasteiger partial charge in [-0.15, -0.1) is 11.3 Å². The molecule has 0 aliphatic rings. The molecule has 10 heteroatoms. The highest BCUT2D eigenvalue weighted by Gasteiger charge is 2.13. The van der Waals surface area contributed by atoms with Crippen molar-refractivity contribution in [2.45, 2.75) is 26.6 Å². The van der Waals surface area contributed by atoms with Crippen LogP contribution >= 0.6 is 11.3 Å². The molecule has 0 bridgehead atoms. The van der Waals surface area contributed by atoms with Crippen molar-refractivity contribution in [2.24, 2.45) is 5.73 Å². The number of thiophene rings is 1. The van der Waals surface area contributed by atoms with Gasteiger partial charge in [0.2, 0.25) is 0 Å². The highest BCUT2D eigenvalue weighted by molar-refractivity contribution is 7.19. The third-order valence-corrected chi connectivity index (χ3v) is 6.32. The van der Waals surface area contributed by atoms with Gasteiger partial charge in [0, 0.05) is 40.0 Å². The molecule has 3 aromatic heterocycles. The van der Waals surface area contributed by atoms with E-state index in [2.05, 4.69) is 5.10 Å². The Hall–Kier alpha value is -3.37. The van der Waals surface area contributed by atoms with E-state index in [1.807, 2.05) is 37.3 Å². The first kappa shape index (κ1) is 21.8. The smallest absolute Gasteiger partial charge is 0.327 e. The summed E-state index contributed by atoms with van der Waals surface area (Å²) in [6, 6.07) is 11.4. The molecule has 0 aliphatic carbocycles. The molecule has 0 radical (unpaired) electrons. The molecule has 0 atom stereocenters. The zero-order valence-corrected chi connectivity index (χ0v) is 18.1. The highest BCUT2D eigenvalue weighted by Crippen LogP contribution is 2.29. The van der Waals surface area contributed by atoms with Gasteiger partial charge in [-0.05, 0) is 48.2 Å². The summed E-state index contributed by atoms with van der Waals surface area (Å²) in [5.74, 6) is 0. The third kappa shape index (κ3) is 4.19. The van der Waals surface area contributed by atoms with E-state index in [9.17, 15) is 18.4 Å². The summed E-state index contributed by atoms with van der Waals surface area (Å²) in [4.78, 5) is 26.1. The van der Waals surface area contributed by atoms with Crippen LogP contribution in [0.2, 0.25) is 0 Å². The number of halogens is 2. The fourth-order valence-corrected chi connectivity index (χ4v) is 4.53. The number of fused-ring (bicyclic) bond motifs is 1. The molecule has 4 aromatic rings. The van der Waals surface area contributed by atoms with Crippen LogP contribution in [-0.4, -0.2) is 25.5 Å². The van der Waals surface area contributed by atoms with Gasteiger partial charge in [-0.2, -0.15) is 13.9 Å². The number of benzene rings is 1. The second-order valence-corrected chi connectivity index (χ2v) is 8.41. The predicted molar refractivity (Wildman–Crippen MR) is 121 cm³/mol. The Morgan fingerprint density at radius 2 is 1.97 bits per heavy atom. The van der Waals surface area contributed by atoms with Gasteiger partial charge >= 0.3 is 5.69 Å². The van der Waals surface area contributed by atoms with Gasteiger partial charge < -0.3 is 10.3 Å². The number of pyridine rings is 1. The molecule has 0 aliphatic heterocycles. The lowest BCUT2D eigenvalue weighted by Crippen LogP contribution is -2.27.